The van der Waals surface area contributed by atoms with E-state index in [1.807, 2.05) is 27.7 Å². The number of hydrogen-bond donors (Lipinski definition) is 2. The summed E-state index contributed by atoms with van der Waals surface area (Å²) in [5, 5.41) is 14.5. The molecule has 4 atom stereocenters. The van der Waals surface area contributed by atoms with Crippen molar-refractivity contribution in [1.29, 1.82) is 0 Å². The van der Waals surface area contributed by atoms with Gasteiger partial charge < -0.3 is 0 Å². The number of nitrogens with zero attached hydrogens (tertiary/aromatic N) is 3. The molecular formula is C28H36N4O6S2. The number of sulfonamides is 2. The minimum atomic E-state index is -3.87. The van der Waals surface area contributed by atoms with E-state index in [-0.39, 0.29) is 55.6 Å². The number of fused-ring (bicyclic) bond motifs is 2. The van der Waals surface area contributed by atoms with E-state index >= 15 is 0 Å². The van der Waals surface area contributed by atoms with Crippen LogP contribution in [0.4, 0.5) is 11.4 Å². The third-order valence-electron chi connectivity index (χ3n) is 8.18. The van der Waals surface area contributed by atoms with Crippen molar-refractivity contribution in [2.24, 2.45) is 28.8 Å². The van der Waals surface area contributed by atoms with Crippen LogP contribution in [0.1, 0.15) is 40.5 Å². The largest absolute Gasteiger partial charge is 0.291 e. The Balaban J connectivity index is 1.68. The highest BCUT2D eigenvalue weighted by Gasteiger charge is 2.34. The lowest BCUT2D eigenvalue weighted by molar-refractivity contribution is 0.222. The first-order valence-corrected chi connectivity index (χ1v) is 16.5. The van der Waals surface area contributed by atoms with Gasteiger partial charge >= 0.3 is 0 Å². The van der Waals surface area contributed by atoms with Crippen LogP contribution in [0.15, 0.2) is 51.4 Å². The minimum Gasteiger partial charge on any atom is -0.291 e. The van der Waals surface area contributed by atoms with Gasteiger partial charge in [0.05, 0.1) is 15.5 Å². The molecule has 10 nitrogen and oxygen atoms in total. The Morgan fingerprint density at radius 3 is 1.40 bits per heavy atom. The molecule has 12 heteroatoms. The Labute approximate surface area is 235 Å². The topological polar surface area (TPSA) is 136 Å². The third-order valence-corrected chi connectivity index (χ3v) is 11.8. The molecule has 40 heavy (non-hydrogen) atoms. The van der Waals surface area contributed by atoms with Gasteiger partial charge in [0, 0.05) is 47.7 Å². The fourth-order valence-electron chi connectivity index (χ4n) is 6.61. The van der Waals surface area contributed by atoms with Gasteiger partial charge in [0.15, 0.2) is 0 Å². The fraction of sp³-hybridized carbons (Fsp3) is 0.500. The van der Waals surface area contributed by atoms with Crippen LogP contribution in [-0.2, 0) is 20.0 Å². The molecule has 0 aromatic heterocycles. The maximum atomic E-state index is 13.6. The predicted octanol–water partition coefficient (Wildman–Crippen LogP) is 5.53. The highest BCUT2D eigenvalue weighted by Crippen LogP contribution is 2.43. The Kier molecular flexibility index (Phi) is 7.68. The van der Waals surface area contributed by atoms with Gasteiger partial charge in [0.2, 0.25) is 20.0 Å². The molecule has 5 rings (SSSR count). The molecule has 0 spiro atoms. The van der Waals surface area contributed by atoms with Gasteiger partial charge in [-0.25, -0.2) is 16.8 Å². The summed E-state index contributed by atoms with van der Waals surface area (Å²) in [4.78, 5) is 12.3. The lowest BCUT2D eigenvalue weighted by Gasteiger charge is -2.34. The summed E-state index contributed by atoms with van der Waals surface area (Å²) in [5.41, 5.74) is 2.31. The van der Waals surface area contributed by atoms with Gasteiger partial charge in [-0.05, 0) is 66.0 Å². The molecule has 0 unspecified atom stereocenters. The highest BCUT2D eigenvalue weighted by atomic mass is 32.2. The molecule has 216 valence electrons. The van der Waals surface area contributed by atoms with Gasteiger partial charge in [-0.3, -0.25) is 10.7 Å². The van der Waals surface area contributed by atoms with Crippen LogP contribution in [0, 0.1) is 28.6 Å². The third kappa shape index (κ3) is 5.00. The van der Waals surface area contributed by atoms with Gasteiger partial charge in [-0.2, -0.15) is 8.61 Å². The first-order chi connectivity index (χ1) is 18.9. The van der Waals surface area contributed by atoms with Gasteiger partial charge in [0.1, 0.15) is 5.69 Å². The van der Waals surface area contributed by atoms with Crippen molar-refractivity contribution >= 4 is 53.0 Å². The first kappa shape index (κ1) is 28.9. The second-order valence-electron chi connectivity index (χ2n) is 11.9. The zero-order valence-electron chi connectivity index (χ0n) is 23.2. The monoisotopic (exact) mass is 588 g/mol. The Morgan fingerprint density at radius 1 is 0.700 bits per heavy atom. The van der Waals surface area contributed by atoms with Crippen LogP contribution >= 0.6 is 0 Å². The predicted molar refractivity (Wildman–Crippen MR) is 156 cm³/mol. The van der Waals surface area contributed by atoms with Crippen molar-refractivity contribution in [3.63, 3.8) is 0 Å². The Bertz CT molecular complexity index is 1560. The SMILES string of the molecule is C[C@@H]1C[C@H](C)CN(S(=O)(=O)c2ccc3c(NO)c4ccc(S(=O)(=O)N5C[C@H](C)C[C@H](C)C5)cc4c(N=O)c3c2)C1. The van der Waals surface area contributed by atoms with Crippen LogP contribution in [0.5, 0.6) is 0 Å². The van der Waals surface area contributed by atoms with E-state index in [1.165, 1.54) is 45.0 Å². The van der Waals surface area contributed by atoms with E-state index in [0.29, 0.717) is 37.0 Å². The maximum Gasteiger partial charge on any atom is 0.243 e. The summed E-state index contributed by atoms with van der Waals surface area (Å²) in [7, 11) is -7.74. The number of rotatable bonds is 6. The summed E-state index contributed by atoms with van der Waals surface area (Å²) >= 11 is 0. The Morgan fingerprint density at radius 2 is 1.07 bits per heavy atom. The number of nitrogens with one attached hydrogen (secondary N) is 1. The average molecular weight is 589 g/mol. The van der Waals surface area contributed by atoms with Crippen molar-refractivity contribution in [3.8, 4) is 0 Å². The summed E-state index contributed by atoms with van der Waals surface area (Å²) in [6.45, 7) is 9.70. The van der Waals surface area contributed by atoms with E-state index in [2.05, 4.69) is 10.7 Å². The van der Waals surface area contributed by atoms with E-state index in [4.69, 9.17) is 0 Å². The zero-order valence-corrected chi connectivity index (χ0v) is 24.8. The number of nitroso groups, excluding NO2 is 1. The van der Waals surface area contributed by atoms with Gasteiger partial charge in [-0.15, -0.1) is 4.91 Å². The molecule has 2 N–H and O–H groups in total. The number of benzene rings is 3. The van der Waals surface area contributed by atoms with Crippen molar-refractivity contribution < 1.29 is 22.0 Å². The molecule has 0 bridgehead atoms. The van der Waals surface area contributed by atoms with E-state index < -0.39 is 20.0 Å². The van der Waals surface area contributed by atoms with Crippen molar-refractivity contribution in [1.82, 2.24) is 8.61 Å². The van der Waals surface area contributed by atoms with Crippen molar-refractivity contribution in [3.05, 3.63) is 41.3 Å². The summed E-state index contributed by atoms with van der Waals surface area (Å²) in [5.74, 6) is 0.858. The molecule has 2 aliphatic rings. The second-order valence-corrected chi connectivity index (χ2v) is 15.8. The molecule has 3 aromatic carbocycles. The van der Waals surface area contributed by atoms with Crippen LogP contribution in [0.2, 0.25) is 0 Å². The number of hydrogen-bond acceptors (Lipinski definition) is 8. The molecule has 0 radical (unpaired) electrons. The van der Waals surface area contributed by atoms with Crippen molar-refractivity contribution in [2.75, 3.05) is 31.7 Å². The average Bonchev–Trinajstić information content (AvgIpc) is 2.89. The van der Waals surface area contributed by atoms with Crippen LogP contribution in [-0.4, -0.2) is 56.8 Å². The summed E-state index contributed by atoms with van der Waals surface area (Å²) < 4.78 is 57.4. The van der Waals surface area contributed by atoms with Gasteiger partial charge in [-0.1, -0.05) is 39.8 Å². The second kappa shape index (κ2) is 10.6. The maximum absolute atomic E-state index is 13.6. The van der Waals surface area contributed by atoms with E-state index in [1.54, 1.807) is 0 Å². The number of anilines is 1. The standard InChI is InChI=1S/C28H36N4O6S2/c1-17-9-18(2)14-31(13-17)39(35,36)21-5-7-23-25(11-21)28(30-34)26-12-22(6-8-24(26)27(23)29-33)40(37,38)32-15-19(3)10-20(4)16-32/h5-8,11-12,17-20,29,33H,9-10,13-16H2,1-4H3/t17-,18+,19-,20+. The Hall–Kier alpha value is -2.64. The fourth-order valence-corrected chi connectivity index (χ4v) is 10.0. The summed E-state index contributed by atoms with van der Waals surface area (Å²) in [6, 6.07) is 8.77. The van der Waals surface area contributed by atoms with E-state index in [9.17, 15) is 26.9 Å². The van der Waals surface area contributed by atoms with E-state index in [0.717, 1.165) is 12.8 Å². The lowest BCUT2D eigenvalue weighted by Crippen LogP contribution is -2.42. The van der Waals surface area contributed by atoms with Crippen LogP contribution < -0.4 is 5.48 Å². The molecule has 0 amide bonds. The number of piperidine rings is 2. The molecule has 2 aliphatic heterocycles. The minimum absolute atomic E-state index is 0.00880. The summed E-state index contributed by atoms with van der Waals surface area (Å²) in [6.07, 6.45) is 1.89. The lowest BCUT2D eigenvalue weighted by atomic mass is 9.94. The smallest absolute Gasteiger partial charge is 0.243 e. The quantitative estimate of drug-likeness (QED) is 0.220. The highest BCUT2D eigenvalue weighted by molar-refractivity contribution is 7.89. The zero-order chi connectivity index (χ0) is 29.0. The molecule has 0 saturated carbocycles. The molecular weight excluding hydrogens is 552 g/mol. The van der Waals surface area contributed by atoms with Gasteiger partial charge in [0.25, 0.3) is 0 Å². The molecule has 2 heterocycles. The molecule has 0 aliphatic carbocycles. The van der Waals surface area contributed by atoms with Crippen LogP contribution in [0.3, 0.4) is 0 Å². The van der Waals surface area contributed by atoms with Crippen LogP contribution in [0.25, 0.3) is 21.5 Å². The normalized spacial score (nSPS) is 25.3. The van der Waals surface area contributed by atoms with Crippen molar-refractivity contribution in [2.45, 2.75) is 50.3 Å². The molecule has 2 fully saturated rings. The molecule has 2 saturated heterocycles. The first-order valence-electron chi connectivity index (χ1n) is 13.6. The molecule has 3 aromatic rings.